The summed E-state index contributed by atoms with van der Waals surface area (Å²) in [6, 6.07) is 13.9. The maximum absolute atomic E-state index is 12.9. The summed E-state index contributed by atoms with van der Waals surface area (Å²) >= 11 is 4.22. The second-order valence-electron chi connectivity index (χ2n) is 6.98. The van der Waals surface area contributed by atoms with E-state index in [4.69, 9.17) is 4.74 Å². The molecular weight excluding hydrogens is 532 g/mol. The van der Waals surface area contributed by atoms with E-state index < -0.39 is 27.8 Å². The Hall–Kier alpha value is -3.02. The molecule has 0 saturated carbocycles. The zero-order valence-corrected chi connectivity index (χ0v) is 20.4. The van der Waals surface area contributed by atoms with Crippen LogP contribution in [0, 0.1) is 0 Å². The van der Waals surface area contributed by atoms with Crippen molar-refractivity contribution >= 4 is 60.1 Å². The van der Waals surface area contributed by atoms with Crippen LogP contribution in [0.3, 0.4) is 0 Å². The number of carbonyl (C=O) groups is 3. The minimum atomic E-state index is -4.00. The summed E-state index contributed by atoms with van der Waals surface area (Å²) in [5.74, 6) is -1.60. The van der Waals surface area contributed by atoms with Crippen molar-refractivity contribution in [2.24, 2.45) is 0 Å². The molecule has 1 aliphatic rings. The Balaban J connectivity index is 1.65. The topological polar surface area (TPSA) is 110 Å². The Kier molecular flexibility index (Phi) is 6.37. The molecule has 0 radical (unpaired) electrons. The fourth-order valence-electron chi connectivity index (χ4n) is 3.29. The van der Waals surface area contributed by atoms with E-state index in [1.54, 1.807) is 43.3 Å². The van der Waals surface area contributed by atoms with E-state index in [1.807, 2.05) is 0 Å². The summed E-state index contributed by atoms with van der Waals surface area (Å²) < 4.78 is 33.9. The van der Waals surface area contributed by atoms with Gasteiger partial charge in [0.25, 0.3) is 21.8 Å². The number of halogens is 1. The molecule has 2 amide bonds. The van der Waals surface area contributed by atoms with Crippen molar-refractivity contribution in [3.05, 3.63) is 80.6 Å². The van der Waals surface area contributed by atoms with Gasteiger partial charge in [-0.05, 0) is 49.4 Å². The molecule has 1 aromatic heterocycles. The summed E-state index contributed by atoms with van der Waals surface area (Å²) in [4.78, 5) is 39.4. The van der Waals surface area contributed by atoms with Crippen molar-refractivity contribution in [1.82, 2.24) is 4.90 Å². The van der Waals surface area contributed by atoms with Crippen molar-refractivity contribution < 1.29 is 27.5 Å². The average Bonchev–Trinajstić information content (AvgIpc) is 3.28. The van der Waals surface area contributed by atoms with Crippen LogP contribution >= 0.6 is 27.3 Å². The Bertz CT molecular complexity index is 1330. The van der Waals surface area contributed by atoms with Gasteiger partial charge < -0.3 is 4.74 Å². The summed E-state index contributed by atoms with van der Waals surface area (Å²) in [6.07, 6.45) is 0. The third-order valence-electron chi connectivity index (χ3n) is 4.82. The first kappa shape index (κ1) is 23.1. The second kappa shape index (κ2) is 9.08. The van der Waals surface area contributed by atoms with Crippen LogP contribution < -0.4 is 4.72 Å². The van der Waals surface area contributed by atoms with Crippen molar-refractivity contribution in [2.75, 3.05) is 11.3 Å². The van der Waals surface area contributed by atoms with Crippen LogP contribution in [0.2, 0.25) is 0 Å². The van der Waals surface area contributed by atoms with E-state index in [0.717, 1.165) is 16.2 Å². The Morgan fingerprint density at radius 3 is 2.24 bits per heavy atom. The molecular formula is C22H17BrN2O6S2. The van der Waals surface area contributed by atoms with Crippen LogP contribution in [-0.4, -0.2) is 37.7 Å². The molecule has 0 spiro atoms. The monoisotopic (exact) mass is 548 g/mol. The minimum absolute atomic E-state index is 0.00847. The number of carbonyl (C=O) groups excluding carboxylic acids is 3. The van der Waals surface area contributed by atoms with Gasteiger partial charge in [-0.1, -0.05) is 28.1 Å². The Morgan fingerprint density at radius 1 is 1.06 bits per heavy atom. The molecule has 0 bridgehead atoms. The van der Waals surface area contributed by atoms with Gasteiger partial charge in [0.1, 0.15) is 5.00 Å². The lowest BCUT2D eigenvalue weighted by molar-refractivity contribution is 0.0527. The van der Waals surface area contributed by atoms with Gasteiger partial charge in [0, 0.05) is 9.35 Å². The Morgan fingerprint density at radius 2 is 1.67 bits per heavy atom. The normalized spacial score (nSPS) is 13.2. The standard InChI is InChI=1S/C22H17BrN2O6S2/c1-2-31-22(28)18-11-14(12-25-20(26)16-5-3-4-6-17(16)21(25)27)32-19(18)24-33(29,30)15-9-7-13(23)8-10-15/h3-11,24H,2,12H2,1H3. The maximum atomic E-state index is 12.9. The highest BCUT2D eigenvalue weighted by Crippen LogP contribution is 2.34. The highest BCUT2D eigenvalue weighted by atomic mass is 79.9. The van der Waals surface area contributed by atoms with Gasteiger partial charge >= 0.3 is 5.97 Å². The number of imide groups is 1. The van der Waals surface area contributed by atoms with Gasteiger partial charge in [-0.25, -0.2) is 13.2 Å². The number of ether oxygens (including phenoxy) is 1. The number of sulfonamides is 1. The fraction of sp³-hybridized carbons (Fsp3) is 0.136. The van der Waals surface area contributed by atoms with E-state index in [-0.39, 0.29) is 28.6 Å². The van der Waals surface area contributed by atoms with Crippen LogP contribution in [-0.2, 0) is 21.3 Å². The van der Waals surface area contributed by atoms with Gasteiger partial charge in [0.15, 0.2) is 0 Å². The van der Waals surface area contributed by atoms with Crippen LogP contribution in [0.15, 0.2) is 64.0 Å². The van der Waals surface area contributed by atoms with Crippen molar-refractivity contribution in [1.29, 1.82) is 0 Å². The van der Waals surface area contributed by atoms with E-state index in [9.17, 15) is 22.8 Å². The summed E-state index contributed by atoms with van der Waals surface area (Å²) in [7, 11) is -4.00. The number of anilines is 1. The quantitative estimate of drug-likeness (QED) is 0.348. The average molecular weight is 549 g/mol. The second-order valence-corrected chi connectivity index (χ2v) is 10.7. The van der Waals surface area contributed by atoms with Gasteiger partial charge in [0.05, 0.1) is 34.7 Å². The SMILES string of the molecule is CCOC(=O)c1cc(CN2C(=O)c3ccccc3C2=O)sc1NS(=O)(=O)c1ccc(Br)cc1. The predicted molar refractivity (Wildman–Crippen MR) is 126 cm³/mol. The predicted octanol–water partition coefficient (Wildman–Crippen LogP) is 4.28. The molecule has 4 rings (SSSR count). The first-order valence-corrected chi connectivity index (χ1v) is 12.8. The largest absolute Gasteiger partial charge is 0.462 e. The molecule has 2 heterocycles. The van der Waals surface area contributed by atoms with E-state index in [2.05, 4.69) is 20.7 Å². The minimum Gasteiger partial charge on any atom is -0.462 e. The van der Waals surface area contributed by atoms with Gasteiger partial charge in [-0.3, -0.25) is 19.2 Å². The smallest absolute Gasteiger partial charge is 0.341 e. The van der Waals surface area contributed by atoms with E-state index in [1.165, 1.54) is 18.2 Å². The number of hydrogen-bond donors (Lipinski definition) is 1. The number of thiophene rings is 1. The third-order valence-corrected chi connectivity index (χ3v) is 7.88. The number of fused-ring (bicyclic) bond motifs is 1. The number of nitrogens with zero attached hydrogens (tertiary/aromatic N) is 1. The molecule has 2 aromatic carbocycles. The highest BCUT2D eigenvalue weighted by molar-refractivity contribution is 9.10. The molecule has 0 saturated heterocycles. The van der Waals surface area contributed by atoms with Gasteiger partial charge in [-0.2, -0.15) is 0 Å². The number of amides is 2. The van der Waals surface area contributed by atoms with Crippen LogP contribution in [0.1, 0.15) is 42.9 Å². The van der Waals surface area contributed by atoms with Crippen LogP contribution in [0.4, 0.5) is 5.00 Å². The maximum Gasteiger partial charge on any atom is 0.341 e. The highest BCUT2D eigenvalue weighted by Gasteiger charge is 2.36. The molecule has 0 atom stereocenters. The third kappa shape index (κ3) is 4.56. The van der Waals surface area contributed by atoms with E-state index >= 15 is 0 Å². The lowest BCUT2D eigenvalue weighted by atomic mass is 10.1. The molecule has 3 aromatic rings. The number of esters is 1. The molecule has 0 fully saturated rings. The number of hydrogen-bond acceptors (Lipinski definition) is 7. The first-order chi connectivity index (χ1) is 15.7. The number of nitrogens with one attached hydrogen (secondary N) is 1. The van der Waals surface area contributed by atoms with Gasteiger partial charge in [-0.15, -0.1) is 11.3 Å². The Labute approximate surface area is 202 Å². The van der Waals surface area contributed by atoms with Crippen molar-refractivity contribution in [2.45, 2.75) is 18.4 Å². The fourth-order valence-corrected chi connectivity index (χ4v) is 5.90. The lowest BCUT2D eigenvalue weighted by Crippen LogP contribution is -2.28. The molecule has 0 aliphatic carbocycles. The summed E-state index contributed by atoms with van der Waals surface area (Å²) in [5.41, 5.74) is 0.621. The zero-order chi connectivity index (χ0) is 23.8. The van der Waals surface area contributed by atoms with Crippen LogP contribution in [0.25, 0.3) is 0 Å². The molecule has 1 aliphatic heterocycles. The van der Waals surface area contributed by atoms with E-state index in [0.29, 0.717) is 20.5 Å². The summed E-state index contributed by atoms with van der Waals surface area (Å²) in [5, 5.41) is 0.0444. The molecule has 33 heavy (non-hydrogen) atoms. The van der Waals surface area contributed by atoms with Crippen molar-refractivity contribution in [3.8, 4) is 0 Å². The molecule has 8 nitrogen and oxygen atoms in total. The molecule has 1 N–H and O–H groups in total. The molecule has 170 valence electrons. The molecule has 11 heteroatoms. The van der Waals surface area contributed by atoms with Crippen molar-refractivity contribution in [3.63, 3.8) is 0 Å². The zero-order valence-electron chi connectivity index (χ0n) is 17.2. The number of benzene rings is 2. The van der Waals surface area contributed by atoms with Gasteiger partial charge in [0.2, 0.25) is 0 Å². The summed E-state index contributed by atoms with van der Waals surface area (Å²) in [6.45, 7) is 1.63. The molecule has 0 unspecified atom stereocenters. The first-order valence-electron chi connectivity index (χ1n) is 9.74. The number of rotatable bonds is 7. The van der Waals surface area contributed by atoms with Crippen LogP contribution in [0.5, 0.6) is 0 Å². The lowest BCUT2D eigenvalue weighted by Gasteiger charge is -2.12.